The minimum Gasteiger partial charge on any atom is -0.267 e. The third-order valence-corrected chi connectivity index (χ3v) is 4.70. The predicted molar refractivity (Wildman–Crippen MR) is 98.4 cm³/mol. The number of hydrogen-bond acceptors (Lipinski definition) is 4. The fraction of sp³-hybridized carbons (Fsp3) is 0. The molecule has 1 aliphatic carbocycles. The Bertz CT molecular complexity index is 1290. The monoisotopic (exact) mass is 341 g/mol. The molecule has 0 N–H and O–H groups in total. The van der Waals surface area contributed by atoms with E-state index in [-0.39, 0.29) is 16.9 Å². The number of rotatable bonds is 2. The first-order valence-electron chi connectivity index (χ1n) is 8.06. The van der Waals surface area contributed by atoms with Crippen LogP contribution in [0.3, 0.4) is 0 Å². The SMILES string of the molecule is O=c1c2cccc3c2c(nn1-c1ccccc1[N+](=O)[O-])-c1ccccc1-3. The van der Waals surface area contributed by atoms with Crippen molar-refractivity contribution in [1.29, 1.82) is 0 Å². The van der Waals surface area contributed by atoms with Gasteiger partial charge in [-0.3, -0.25) is 14.9 Å². The normalized spacial score (nSPS) is 11.5. The van der Waals surface area contributed by atoms with E-state index >= 15 is 0 Å². The highest BCUT2D eigenvalue weighted by Crippen LogP contribution is 2.44. The van der Waals surface area contributed by atoms with Crippen LogP contribution in [0.1, 0.15) is 0 Å². The molecule has 124 valence electrons. The van der Waals surface area contributed by atoms with Gasteiger partial charge in [0, 0.05) is 17.0 Å². The third kappa shape index (κ3) is 1.81. The molecule has 6 heteroatoms. The number of fused-ring (bicyclic) bond motifs is 3. The summed E-state index contributed by atoms with van der Waals surface area (Å²) in [6.45, 7) is 0. The first-order valence-corrected chi connectivity index (χ1v) is 8.06. The molecule has 0 saturated carbocycles. The van der Waals surface area contributed by atoms with Crippen molar-refractivity contribution in [3.63, 3.8) is 0 Å². The lowest BCUT2D eigenvalue weighted by Gasteiger charge is -2.09. The zero-order valence-corrected chi connectivity index (χ0v) is 13.4. The number of benzene rings is 3. The Morgan fingerprint density at radius 1 is 0.846 bits per heavy atom. The van der Waals surface area contributed by atoms with Gasteiger partial charge in [0.05, 0.1) is 10.3 Å². The molecule has 0 unspecified atom stereocenters. The minimum absolute atomic E-state index is 0.156. The van der Waals surface area contributed by atoms with E-state index in [0.29, 0.717) is 11.1 Å². The Labute approximate surface area is 147 Å². The van der Waals surface area contributed by atoms with Crippen LogP contribution in [0.25, 0.3) is 38.8 Å². The number of nitro groups is 1. The standard InChI is InChI=1S/C20H11N3O3/c24-20-15-9-5-8-13-12-6-1-2-7-14(12)19(18(13)15)21-22(20)16-10-3-4-11-17(16)23(25)26/h1-11H. The Morgan fingerprint density at radius 3 is 2.35 bits per heavy atom. The Hall–Kier alpha value is -3.80. The van der Waals surface area contributed by atoms with Gasteiger partial charge in [-0.1, -0.05) is 48.5 Å². The zero-order chi connectivity index (χ0) is 17.8. The number of aromatic nitrogens is 2. The van der Waals surface area contributed by atoms with E-state index in [0.717, 1.165) is 26.8 Å². The summed E-state index contributed by atoms with van der Waals surface area (Å²) in [6, 6.07) is 19.5. The molecule has 0 fully saturated rings. The topological polar surface area (TPSA) is 78.0 Å². The molecule has 0 saturated heterocycles. The van der Waals surface area contributed by atoms with Crippen molar-refractivity contribution < 1.29 is 4.92 Å². The van der Waals surface area contributed by atoms with Gasteiger partial charge in [-0.25, -0.2) is 0 Å². The van der Waals surface area contributed by atoms with E-state index in [1.165, 1.54) is 12.1 Å². The molecule has 1 aromatic heterocycles. The molecular weight excluding hydrogens is 330 g/mol. The van der Waals surface area contributed by atoms with Crippen LogP contribution >= 0.6 is 0 Å². The quantitative estimate of drug-likeness (QED) is 0.360. The fourth-order valence-electron chi connectivity index (χ4n) is 3.59. The summed E-state index contributed by atoms with van der Waals surface area (Å²) in [5, 5.41) is 17.2. The van der Waals surface area contributed by atoms with Gasteiger partial charge in [-0.2, -0.15) is 9.78 Å². The molecule has 4 aromatic rings. The van der Waals surface area contributed by atoms with E-state index in [2.05, 4.69) is 5.10 Å². The smallest absolute Gasteiger partial charge is 0.267 e. The molecule has 0 spiro atoms. The highest BCUT2D eigenvalue weighted by molar-refractivity contribution is 6.13. The first kappa shape index (κ1) is 14.5. The van der Waals surface area contributed by atoms with Crippen LogP contribution in [0.5, 0.6) is 0 Å². The molecule has 0 bridgehead atoms. The third-order valence-electron chi connectivity index (χ3n) is 4.70. The van der Waals surface area contributed by atoms with Crippen LogP contribution in [0.2, 0.25) is 0 Å². The zero-order valence-electron chi connectivity index (χ0n) is 13.4. The van der Waals surface area contributed by atoms with Gasteiger partial charge >= 0.3 is 0 Å². The molecule has 0 aliphatic heterocycles. The molecule has 1 aliphatic rings. The van der Waals surface area contributed by atoms with Crippen LogP contribution in [0, 0.1) is 10.1 Å². The van der Waals surface area contributed by atoms with Crippen molar-refractivity contribution >= 4 is 16.5 Å². The second-order valence-electron chi connectivity index (χ2n) is 6.09. The van der Waals surface area contributed by atoms with Crippen molar-refractivity contribution in [3.8, 4) is 28.1 Å². The lowest BCUT2D eigenvalue weighted by atomic mass is 10.0. The van der Waals surface area contributed by atoms with Gasteiger partial charge in [0.2, 0.25) is 0 Å². The van der Waals surface area contributed by atoms with Crippen molar-refractivity contribution in [2.24, 2.45) is 0 Å². The highest BCUT2D eigenvalue weighted by Gasteiger charge is 2.26. The van der Waals surface area contributed by atoms with E-state index in [1.807, 2.05) is 36.4 Å². The van der Waals surface area contributed by atoms with Gasteiger partial charge in [0.15, 0.2) is 0 Å². The first-order chi connectivity index (χ1) is 12.7. The average Bonchev–Trinajstić information content (AvgIpc) is 2.99. The second-order valence-corrected chi connectivity index (χ2v) is 6.09. The summed E-state index contributed by atoms with van der Waals surface area (Å²) < 4.78 is 1.14. The summed E-state index contributed by atoms with van der Waals surface area (Å²) in [4.78, 5) is 24.0. The van der Waals surface area contributed by atoms with Crippen molar-refractivity contribution in [2.75, 3.05) is 0 Å². The number of nitrogens with zero attached hydrogens (tertiary/aromatic N) is 3. The van der Waals surface area contributed by atoms with Crippen LogP contribution in [-0.4, -0.2) is 14.7 Å². The van der Waals surface area contributed by atoms with Crippen molar-refractivity contribution in [3.05, 3.63) is 87.2 Å². The van der Waals surface area contributed by atoms with Crippen molar-refractivity contribution in [1.82, 2.24) is 9.78 Å². The van der Waals surface area contributed by atoms with E-state index in [4.69, 9.17) is 0 Å². The van der Waals surface area contributed by atoms with E-state index in [9.17, 15) is 14.9 Å². The summed E-state index contributed by atoms with van der Waals surface area (Å²) >= 11 is 0. The van der Waals surface area contributed by atoms with Crippen LogP contribution in [-0.2, 0) is 0 Å². The van der Waals surface area contributed by atoms with E-state index < -0.39 is 4.92 Å². The maximum absolute atomic E-state index is 13.1. The molecule has 3 aromatic carbocycles. The minimum atomic E-state index is -0.503. The summed E-state index contributed by atoms with van der Waals surface area (Å²) in [7, 11) is 0. The maximum atomic E-state index is 13.1. The average molecular weight is 341 g/mol. The highest BCUT2D eigenvalue weighted by atomic mass is 16.6. The molecule has 0 atom stereocenters. The molecule has 0 amide bonds. The van der Waals surface area contributed by atoms with E-state index in [1.54, 1.807) is 18.2 Å². The summed E-state index contributed by atoms with van der Waals surface area (Å²) in [5.41, 5.74) is 3.21. The molecule has 0 radical (unpaired) electrons. The van der Waals surface area contributed by atoms with Crippen LogP contribution in [0.4, 0.5) is 5.69 Å². The number of para-hydroxylation sites is 2. The van der Waals surface area contributed by atoms with Crippen LogP contribution in [0.15, 0.2) is 71.5 Å². The Balaban J connectivity index is 1.94. The van der Waals surface area contributed by atoms with Gasteiger partial charge in [0.1, 0.15) is 11.4 Å². The van der Waals surface area contributed by atoms with Gasteiger partial charge in [0.25, 0.3) is 11.2 Å². The Morgan fingerprint density at radius 2 is 1.54 bits per heavy atom. The largest absolute Gasteiger partial charge is 0.295 e. The Kier molecular flexibility index (Phi) is 2.85. The fourth-order valence-corrected chi connectivity index (χ4v) is 3.59. The summed E-state index contributed by atoms with van der Waals surface area (Å²) in [5.74, 6) is 0. The molecule has 1 heterocycles. The van der Waals surface area contributed by atoms with Gasteiger partial charge < -0.3 is 0 Å². The maximum Gasteiger partial charge on any atom is 0.295 e. The van der Waals surface area contributed by atoms with Gasteiger partial charge in [-0.05, 0) is 23.3 Å². The molecular formula is C20H11N3O3. The number of nitro benzene ring substituents is 1. The number of hydrogen-bond donors (Lipinski definition) is 0. The lowest BCUT2D eigenvalue weighted by molar-refractivity contribution is -0.384. The molecule has 6 nitrogen and oxygen atoms in total. The van der Waals surface area contributed by atoms with Crippen LogP contribution < -0.4 is 5.56 Å². The second kappa shape index (κ2) is 5.10. The van der Waals surface area contributed by atoms with Crippen molar-refractivity contribution in [2.45, 2.75) is 0 Å². The molecule has 26 heavy (non-hydrogen) atoms. The van der Waals surface area contributed by atoms with Gasteiger partial charge in [-0.15, -0.1) is 0 Å². The molecule has 5 rings (SSSR count). The summed E-state index contributed by atoms with van der Waals surface area (Å²) in [6.07, 6.45) is 0. The lowest BCUT2D eigenvalue weighted by Crippen LogP contribution is -2.22. The predicted octanol–water partition coefficient (Wildman–Crippen LogP) is 3.94.